The Balaban J connectivity index is 2.77. The van der Waals surface area contributed by atoms with E-state index in [1.54, 1.807) is 0 Å². The lowest BCUT2D eigenvalue weighted by molar-refractivity contribution is 0.529. The van der Waals surface area contributed by atoms with Gasteiger partial charge in [0.1, 0.15) is 0 Å². The Bertz CT molecular complexity index is 334. The molecule has 0 fully saturated rings. The monoisotopic (exact) mass is 272 g/mol. The van der Waals surface area contributed by atoms with Crippen LogP contribution in [0.5, 0.6) is 0 Å². The first-order valence-corrected chi connectivity index (χ1v) is 7.39. The van der Waals surface area contributed by atoms with Gasteiger partial charge in [0.25, 0.3) is 0 Å². The van der Waals surface area contributed by atoms with Crippen LogP contribution in [0.25, 0.3) is 0 Å². The van der Waals surface area contributed by atoms with Crippen LogP contribution in [-0.2, 0) is 0 Å². The summed E-state index contributed by atoms with van der Waals surface area (Å²) in [6.07, 6.45) is 7.47. The predicted molar refractivity (Wildman–Crippen MR) is 78.3 cm³/mol. The van der Waals surface area contributed by atoms with E-state index in [0.29, 0.717) is 5.92 Å². The Morgan fingerprint density at radius 3 is 2.41 bits per heavy atom. The van der Waals surface area contributed by atoms with E-state index in [0.717, 1.165) is 10.0 Å². The van der Waals surface area contributed by atoms with Crippen molar-refractivity contribution in [3.63, 3.8) is 0 Å². The molecule has 1 aromatic rings. The van der Waals surface area contributed by atoms with Gasteiger partial charge in [-0.3, -0.25) is 0 Å². The van der Waals surface area contributed by atoms with Crippen molar-refractivity contribution in [2.24, 2.45) is 0 Å². The Morgan fingerprint density at radius 1 is 1.00 bits per heavy atom. The van der Waals surface area contributed by atoms with Crippen LogP contribution in [0.3, 0.4) is 0 Å². The molecule has 0 N–H and O–H groups in total. The highest BCUT2D eigenvalue weighted by Gasteiger charge is 2.14. The molecule has 0 aromatic heterocycles. The molecule has 1 unspecified atom stereocenters. The minimum atomic E-state index is 0.567. The summed E-state index contributed by atoms with van der Waals surface area (Å²) in [6.45, 7) is 4.46. The third-order valence-corrected chi connectivity index (χ3v) is 3.77. The first kappa shape index (κ1) is 14.9. The number of benzene rings is 1. The quantitative estimate of drug-likeness (QED) is 0.500. The Kier molecular flexibility index (Phi) is 6.99. The normalized spacial score (nSPS) is 12.7. The Labute approximate surface area is 115 Å². The molecule has 96 valence electrons. The summed E-state index contributed by atoms with van der Waals surface area (Å²) in [5.41, 5.74) is 1.23. The second kappa shape index (κ2) is 8.00. The highest BCUT2D eigenvalue weighted by atomic mass is 35.5. The molecular formula is C15H22Cl2. The topological polar surface area (TPSA) is 0 Å². The lowest BCUT2D eigenvalue weighted by atomic mass is 9.89. The molecule has 0 nitrogen and oxygen atoms in total. The van der Waals surface area contributed by atoms with Crippen LogP contribution in [0.15, 0.2) is 18.2 Å². The summed E-state index contributed by atoms with van der Waals surface area (Å²) in [7, 11) is 0. The van der Waals surface area contributed by atoms with Gasteiger partial charge < -0.3 is 0 Å². The van der Waals surface area contributed by atoms with Gasteiger partial charge in [-0.1, -0.05) is 62.7 Å². The fraction of sp³-hybridized carbons (Fsp3) is 0.600. The molecule has 0 aliphatic carbocycles. The van der Waals surface area contributed by atoms with Crippen molar-refractivity contribution in [2.45, 2.75) is 58.3 Å². The second-order valence-corrected chi connectivity index (χ2v) is 5.49. The van der Waals surface area contributed by atoms with E-state index in [4.69, 9.17) is 23.2 Å². The van der Waals surface area contributed by atoms with E-state index < -0.39 is 0 Å². The SMILES string of the molecule is CCCCCC(CCC)c1cc(Cl)ccc1Cl. The molecule has 0 spiro atoms. The summed E-state index contributed by atoms with van der Waals surface area (Å²) in [4.78, 5) is 0. The van der Waals surface area contributed by atoms with Crippen LogP contribution in [0.1, 0.15) is 63.9 Å². The Hall–Kier alpha value is -0.200. The summed E-state index contributed by atoms with van der Waals surface area (Å²) in [6, 6.07) is 5.82. The van der Waals surface area contributed by atoms with Gasteiger partial charge in [0.05, 0.1) is 0 Å². The zero-order valence-corrected chi connectivity index (χ0v) is 12.3. The van der Waals surface area contributed by atoms with Crippen molar-refractivity contribution in [1.82, 2.24) is 0 Å². The fourth-order valence-corrected chi connectivity index (χ4v) is 2.72. The van der Waals surface area contributed by atoms with Gasteiger partial charge in [-0.2, -0.15) is 0 Å². The molecular weight excluding hydrogens is 251 g/mol. The lowest BCUT2D eigenvalue weighted by Gasteiger charge is -2.18. The second-order valence-electron chi connectivity index (χ2n) is 4.65. The molecule has 1 rings (SSSR count). The average molecular weight is 273 g/mol. The summed E-state index contributed by atoms with van der Waals surface area (Å²) in [5, 5.41) is 1.66. The van der Waals surface area contributed by atoms with Crippen LogP contribution in [-0.4, -0.2) is 0 Å². The van der Waals surface area contributed by atoms with Crippen molar-refractivity contribution < 1.29 is 0 Å². The molecule has 0 saturated carbocycles. The number of rotatable bonds is 7. The number of unbranched alkanes of at least 4 members (excludes halogenated alkanes) is 2. The molecule has 0 amide bonds. The van der Waals surface area contributed by atoms with E-state index in [1.807, 2.05) is 18.2 Å². The van der Waals surface area contributed by atoms with Crippen LogP contribution in [0.2, 0.25) is 10.0 Å². The van der Waals surface area contributed by atoms with Crippen molar-refractivity contribution in [2.75, 3.05) is 0 Å². The van der Waals surface area contributed by atoms with E-state index in [1.165, 1.54) is 44.1 Å². The Morgan fingerprint density at radius 2 is 1.76 bits per heavy atom. The van der Waals surface area contributed by atoms with Crippen molar-refractivity contribution in [1.29, 1.82) is 0 Å². The molecule has 17 heavy (non-hydrogen) atoms. The van der Waals surface area contributed by atoms with E-state index >= 15 is 0 Å². The average Bonchev–Trinajstić information content (AvgIpc) is 2.32. The predicted octanol–water partition coefficient (Wildman–Crippen LogP) is 6.46. The zero-order valence-electron chi connectivity index (χ0n) is 10.8. The standard InChI is InChI=1S/C15H22Cl2/c1-3-5-6-8-12(7-4-2)14-11-13(16)9-10-15(14)17/h9-12H,3-8H2,1-2H3. The molecule has 1 atom stereocenters. The molecule has 0 radical (unpaired) electrons. The van der Waals surface area contributed by atoms with Gasteiger partial charge >= 0.3 is 0 Å². The third-order valence-electron chi connectivity index (χ3n) is 3.19. The molecule has 2 heteroatoms. The van der Waals surface area contributed by atoms with Gasteiger partial charge in [0, 0.05) is 10.0 Å². The highest BCUT2D eigenvalue weighted by molar-refractivity contribution is 6.33. The van der Waals surface area contributed by atoms with Gasteiger partial charge in [-0.25, -0.2) is 0 Å². The molecule has 1 aromatic carbocycles. The maximum atomic E-state index is 6.28. The van der Waals surface area contributed by atoms with Crippen LogP contribution in [0, 0.1) is 0 Å². The first-order chi connectivity index (χ1) is 8.19. The van der Waals surface area contributed by atoms with Crippen molar-refractivity contribution in [3.8, 4) is 0 Å². The first-order valence-electron chi connectivity index (χ1n) is 6.64. The van der Waals surface area contributed by atoms with Crippen molar-refractivity contribution in [3.05, 3.63) is 33.8 Å². The zero-order chi connectivity index (χ0) is 12.7. The third kappa shape index (κ3) is 4.89. The van der Waals surface area contributed by atoms with E-state index in [2.05, 4.69) is 13.8 Å². The van der Waals surface area contributed by atoms with Gasteiger partial charge in [0.15, 0.2) is 0 Å². The van der Waals surface area contributed by atoms with Crippen LogP contribution < -0.4 is 0 Å². The summed E-state index contributed by atoms with van der Waals surface area (Å²) in [5.74, 6) is 0.567. The van der Waals surface area contributed by atoms with E-state index in [9.17, 15) is 0 Å². The van der Waals surface area contributed by atoms with Gasteiger partial charge in [0.2, 0.25) is 0 Å². The molecule has 0 aliphatic rings. The van der Waals surface area contributed by atoms with Crippen molar-refractivity contribution >= 4 is 23.2 Å². The number of hydrogen-bond acceptors (Lipinski definition) is 0. The fourth-order valence-electron chi connectivity index (χ4n) is 2.27. The molecule has 0 saturated heterocycles. The number of hydrogen-bond donors (Lipinski definition) is 0. The van der Waals surface area contributed by atoms with Crippen LogP contribution >= 0.6 is 23.2 Å². The minimum absolute atomic E-state index is 0.567. The van der Waals surface area contributed by atoms with Gasteiger partial charge in [-0.15, -0.1) is 0 Å². The highest BCUT2D eigenvalue weighted by Crippen LogP contribution is 2.34. The van der Waals surface area contributed by atoms with Crippen LogP contribution in [0.4, 0.5) is 0 Å². The molecule has 0 bridgehead atoms. The largest absolute Gasteiger partial charge is 0.0843 e. The van der Waals surface area contributed by atoms with Gasteiger partial charge in [-0.05, 0) is 42.5 Å². The molecule has 0 heterocycles. The summed E-state index contributed by atoms with van der Waals surface area (Å²) < 4.78 is 0. The molecule has 0 aliphatic heterocycles. The summed E-state index contributed by atoms with van der Waals surface area (Å²) >= 11 is 12.3. The lowest BCUT2D eigenvalue weighted by Crippen LogP contribution is -2.00. The van der Waals surface area contributed by atoms with E-state index in [-0.39, 0.29) is 0 Å². The number of halogens is 2. The maximum absolute atomic E-state index is 6.28. The minimum Gasteiger partial charge on any atom is -0.0843 e. The smallest absolute Gasteiger partial charge is 0.0441 e. The maximum Gasteiger partial charge on any atom is 0.0441 e.